The van der Waals surface area contributed by atoms with E-state index in [0.717, 1.165) is 12.2 Å². The van der Waals surface area contributed by atoms with E-state index in [2.05, 4.69) is 20.6 Å². The molecule has 110 valence electrons. The van der Waals surface area contributed by atoms with Gasteiger partial charge in [-0.3, -0.25) is 0 Å². The number of benzene rings is 1. The zero-order chi connectivity index (χ0) is 14.8. The van der Waals surface area contributed by atoms with Crippen molar-refractivity contribution in [2.45, 2.75) is 25.7 Å². The first-order valence-electron chi connectivity index (χ1n) is 7.04. The monoisotopic (exact) mass is 304 g/mol. The standard InChI is InChI=1S/C15H17ClN4O/c1-2-17-15-19-11(9-3-4-9)8-14(20-15)18-12-7-10(16)5-6-13(12)21/h5-9,21H,2-4H2,1H3,(H2,17,18,19,20). The van der Waals surface area contributed by atoms with Crippen LogP contribution in [0.3, 0.4) is 0 Å². The summed E-state index contributed by atoms with van der Waals surface area (Å²) in [5.41, 5.74) is 1.57. The fraction of sp³-hybridized carbons (Fsp3) is 0.333. The number of halogens is 1. The molecule has 0 bridgehead atoms. The Labute approximate surface area is 128 Å². The summed E-state index contributed by atoms with van der Waals surface area (Å²) in [6, 6.07) is 6.79. The van der Waals surface area contributed by atoms with E-state index in [-0.39, 0.29) is 5.75 Å². The van der Waals surface area contributed by atoms with Crippen LogP contribution in [-0.4, -0.2) is 21.6 Å². The van der Waals surface area contributed by atoms with Gasteiger partial charge in [-0.05, 0) is 38.0 Å². The maximum Gasteiger partial charge on any atom is 0.224 e. The molecular formula is C15H17ClN4O. The van der Waals surface area contributed by atoms with E-state index in [0.29, 0.717) is 28.4 Å². The first kappa shape index (κ1) is 13.9. The van der Waals surface area contributed by atoms with Gasteiger partial charge >= 0.3 is 0 Å². The molecule has 2 aromatic rings. The van der Waals surface area contributed by atoms with Crippen LogP contribution in [0.25, 0.3) is 0 Å². The molecule has 3 N–H and O–H groups in total. The van der Waals surface area contributed by atoms with Gasteiger partial charge in [-0.1, -0.05) is 11.6 Å². The number of rotatable bonds is 5. The van der Waals surface area contributed by atoms with Gasteiger partial charge in [0, 0.05) is 23.6 Å². The van der Waals surface area contributed by atoms with Gasteiger partial charge < -0.3 is 15.7 Å². The molecule has 5 nitrogen and oxygen atoms in total. The molecule has 0 aliphatic heterocycles. The third-order valence-electron chi connectivity index (χ3n) is 3.30. The van der Waals surface area contributed by atoms with Crippen molar-refractivity contribution in [1.29, 1.82) is 0 Å². The van der Waals surface area contributed by atoms with E-state index in [1.54, 1.807) is 18.2 Å². The van der Waals surface area contributed by atoms with Crippen molar-refractivity contribution in [2.75, 3.05) is 17.2 Å². The van der Waals surface area contributed by atoms with Gasteiger partial charge in [0.25, 0.3) is 0 Å². The summed E-state index contributed by atoms with van der Waals surface area (Å²) in [6.45, 7) is 2.76. The number of aromatic nitrogens is 2. The Bertz CT molecular complexity index is 658. The highest BCUT2D eigenvalue weighted by Gasteiger charge is 2.26. The van der Waals surface area contributed by atoms with Crippen LogP contribution in [0.1, 0.15) is 31.4 Å². The quantitative estimate of drug-likeness (QED) is 0.731. The van der Waals surface area contributed by atoms with Crippen LogP contribution in [0.4, 0.5) is 17.5 Å². The van der Waals surface area contributed by atoms with Crippen molar-refractivity contribution < 1.29 is 5.11 Å². The van der Waals surface area contributed by atoms with Gasteiger partial charge in [-0.15, -0.1) is 0 Å². The molecule has 1 aliphatic rings. The molecule has 0 amide bonds. The van der Waals surface area contributed by atoms with E-state index >= 15 is 0 Å². The minimum atomic E-state index is 0.135. The fourth-order valence-electron chi connectivity index (χ4n) is 2.10. The highest BCUT2D eigenvalue weighted by Crippen LogP contribution is 2.40. The number of hydrogen-bond donors (Lipinski definition) is 3. The van der Waals surface area contributed by atoms with Crippen LogP contribution in [0.5, 0.6) is 5.75 Å². The second-order valence-corrected chi connectivity index (χ2v) is 5.53. The summed E-state index contributed by atoms with van der Waals surface area (Å²) in [6.07, 6.45) is 2.34. The summed E-state index contributed by atoms with van der Waals surface area (Å²) < 4.78 is 0. The summed E-state index contributed by atoms with van der Waals surface area (Å²) in [7, 11) is 0. The maximum absolute atomic E-state index is 9.88. The molecule has 1 aromatic heterocycles. The third-order valence-corrected chi connectivity index (χ3v) is 3.53. The van der Waals surface area contributed by atoms with Gasteiger partial charge in [0.1, 0.15) is 11.6 Å². The van der Waals surface area contributed by atoms with Crippen molar-refractivity contribution in [3.63, 3.8) is 0 Å². The molecule has 3 rings (SSSR count). The van der Waals surface area contributed by atoms with Gasteiger partial charge in [0.05, 0.1) is 11.4 Å². The zero-order valence-electron chi connectivity index (χ0n) is 11.7. The zero-order valence-corrected chi connectivity index (χ0v) is 12.5. The lowest BCUT2D eigenvalue weighted by Gasteiger charge is -2.11. The molecule has 0 saturated heterocycles. The topological polar surface area (TPSA) is 70.1 Å². The van der Waals surface area contributed by atoms with Gasteiger partial charge in [0.15, 0.2) is 0 Å². The van der Waals surface area contributed by atoms with Crippen molar-refractivity contribution in [3.05, 3.63) is 35.0 Å². The number of phenols is 1. The lowest BCUT2D eigenvalue weighted by atomic mass is 10.2. The van der Waals surface area contributed by atoms with Gasteiger partial charge in [0.2, 0.25) is 5.95 Å². The first-order valence-corrected chi connectivity index (χ1v) is 7.42. The minimum Gasteiger partial charge on any atom is -0.506 e. The van der Waals surface area contributed by atoms with E-state index in [9.17, 15) is 5.11 Å². The highest BCUT2D eigenvalue weighted by molar-refractivity contribution is 6.30. The second-order valence-electron chi connectivity index (χ2n) is 5.09. The first-order chi connectivity index (χ1) is 10.2. The van der Waals surface area contributed by atoms with Crippen LogP contribution in [0.15, 0.2) is 24.3 Å². The largest absolute Gasteiger partial charge is 0.506 e. The number of anilines is 3. The predicted octanol–water partition coefficient (Wildman–Crippen LogP) is 3.89. The average Bonchev–Trinajstić information content (AvgIpc) is 3.28. The van der Waals surface area contributed by atoms with Crippen LogP contribution in [-0.2, 0) is 0 Å². The average molecular weight is 305 g/mol. The summed E-state index contributed by atoms with van der Waals surface area (Å²) >= 11 is 5.96. The Kier molecular flexibility index (Phi) is 3.84. The predicted molar refractivity (Wildman–Crippen MR) is 84.6 cm³/mol. The molecule has 21 heavy (non-hydrogen) atoms. The fourth-order valence-corrected chi connectivity index (χ4v) is 2.27. The Balaban J connectivity index is 1.91. The molecule has 1 heterocycles. The number of nitrogens with one attached hydrogen (secondary N) is 2. The molecule has 1 saturated carbocycles. The molecule has 6 heteroatoms. The molecule has 0 atom stereocenters. The Morgan fingerprint density at radius 3 is 2.81 bits per heavy atom. The molecular weight excluding hydrogens is 288 g/mol. The summed E-state index contributed by atoms with van der Waals surface area (Å²) in [5.74, 6) is 1.92. The number of phenolic OH excluding ortho intramolecular Hbond substituents is 1. The Morgan fingerprint density at radius 1 is 1.29 bits per heavy atom. The van der Waals surface area contributed by atoms with Crippen molar-refractivity contribution in [1.82, 2.24) is 9.97 Å². The van der Waals surface area contributed by atoms with Crippen molar-refractivity contribution >= 4 is 29.1 Å². The van der Waals surface area contributed by atoms with E-state index in [1.807, 2.05) is 13.0 Å². The number of hydrogen-bond acceptors (Lipinski definition) is 5. The maximum atomic E-state index is 9.88. The minimum absolute atomic E-state index is 0.135. The van der Waals surface area contributed by atoms with Crippen molar-refractivity contribution in [3.8, 4) is 5.75 Å². The highest BCUT2D eigenvalue weighted by atomic mass is 35.5. The van der Waals surface area contributed by atoms with Crippen LogP contribution in [0.2, 0.25) is 5.02 Å². The smallest absolute Gasteiger partial charge is 0.224 e. The van der Waals surface area contributed by atoms with Gasteiger partial charge in [-0.2, -0.15) is 4.98 Å². The Morgan fingerprint density at radius 2 is 2.10 bits per heavy atom. The van der Waals surface area contributed by atoms with Crippen LogP contribution >= 0.6 is 11.6 Å². The van der Waals surface area contributed by atoms with E-state index in [1.165, 1.54) is 12.8 Å². The molecule has 0 unspecified atom stereocenters. The molecule has 1 fully saturated rings. The van der Waals surface area contributed by atoms with Crippen LogP contribution < -0.4 is 10.6 Å². The molecule has 0 radical (unpaired) electrons. The lowest BCUT2D eigenvalue weighted by Crippen LogP contribution is -2.06. The molecule has 1 aromatic carbocycles. The molecule has 1 aliphatic carbocycles. The SMILES string of the molecule is CCNc1nc(Nc2cc(Cl)ccc2O)cc(C2CC2)n1. The summed E-state index contributed by atoms with van der Waals surface area (Å²) in [4.78, 5) is 8.93. The molecule has 0 spiro atoms. The van der Waals surface area contributed by atoms with Crippen molar-refractivity contribution in [2.24, 2.45) is 0 Å². The normalized spacial score (nSPS) is 14.0. The van der Waals surface area contributed by atoms with E-state index < -0.39 is 0 Å². The van der Waals surface area contributed by atoms with E-state index in [4.69, 9.17) is 11.6 Å². The third kappa shape index (κ3) is 3.36. The number of aromatic hydroxyl groups is 1. The second kappa shape index (κ2) is 5.77. The summed E-state index contributed by atoms with van der Waals surface area (Å²) in [5, 5.41) is 16.7. The number of nitrogens with zero attached hydrogens (tertiary/aromatic N) is 2. The Hall–Kier alpha value is -2.01. The lowest BCUT2D eigenvalue weighted by molar-refractivity contribution is 0.477. The van der Waals surface area contributed by atoms with Gasteiger partial charge in [-0.25, -0.2) is 4.98 Å². The van der Waals surface area contributed by atoms with Crippen LogP contribution in [0, 0.1) is 0 Å².